The predicted octanol–water partition coefficient (Wildman–Crippen LogP) is 1.68. The van der Waals surface area contributed by atoms with Crippen molar-refractivity contribution in [2.45, 2.75) is 12.2 Å². The Labute approximate surface area is 153 Å². The highest BCUT2D eigenvalue weighted by molar-refractivity contribution is 7.91. The summed E-state index contributed by atoms with van der Waals surface area (Å²) in [5, 5.41) is 41.3. The molecule has 2 aromatic carbocycles. The van der Waals surface area contributed by atoms with E-state index < -0.39 is 43.4 Å². The van der Waals surface area contributed by atoms with Gasteiger partial charge in [-0.05, 0) is 35.4 Å². The van der Waals surface area contributed by atoms with Gasteiger partial charge in [-0.1, -0.05) is 0 Å². The van der Waals surface area contributed by atoms with Gasteiger partial charge in [-0.25, -0.2) is 8.42 Å². The number of sulfone groups is 1. The summed E-state index contributed by atoms with van der Waals surface area (Å²) in [5.74, 6) is -1.37. The second-order valence-corrected chi connectivity index (χ2v) is 7.96. The van der Waals surface area contributed by atoms with Gasteiger partial charge in [-0.3, -0.25) is 20.2 Å². The Morgan fingerprint density at radius 2 is 1.04 bits per heavy atom. The molecule has 0 saturated heterocycles. The minimum atomic E-state index is -3.90. The Morgan fingerprint density at radius 3 is 1.30 bits per heavy atom. The first kappa shape index (κ1) is 20.4. The fraction of sp³-hybridized carbons (Fsp3) is 0.250. The molecule has 0 radical (unpaired) electrons. The van der Waals surface area contributed by atoms with Crippen molar-refractivity contribution in [3.8, 4) is 0 Å². The highest BCUT2D eigenvalue weighted by Crippen LogP contribution is 2.23. The maximum absolute atomic E-state index is 12.2. The summed E-state index contributed by atoms with van der Waals surface area (Å²) < 4.78 is 24.4. The molecule has 10 nitrogen and oxygen atoms in total. The van der Waals surface area contributed by atoms with Crippen molar-refractivity contribution in [1.82, 2.24) is 0 Å². The zero-order valence-electron chi connectivity index (χ0n) is 13.8. The van der Waals surface area contributed by atoms with E-state index in [1.165, 1.54) is 24.3 Å². The van der Waals surface area contributed by atoms with Crippen LogP contribution in [0.25, 0.3) is 0 Å². The molecule has 2 rings (SSSR count). The van der Waals surface area contributed by atoms with E-state index >= 15 is 0 Å². The predicted molar refractivity (Wildman–Crippen MR) is 94.8 cm³/mol. The Bertz CT molecular complexity index is 854. The van der Waals surface area contributed by atoms with Crippen molar-refractivity contribution < 1.29 is 28.5 Å². The number of hydrogen-bond acceptors (Lipinski definition) is 8. The number of rotatable bonds is 8. The van der Waals surface area contributed by atoms with E-state index in [4.69, 9.17) is 0 Å². The standard InChI is InChI=1S/C16H16N2O8S/c19-15(11-1-5-13(6-2-11)17(21)22)9-27(25,26)10-16(20)12-3-7-14(8-4-12)18(23)24/h1-8,15-16,19-20H,9-10H2/t15-,16-/m1/s1. The number of benzene rings is 2. The maximum atomic E-state index is 12.2. The third kappa shape index (κ3) is 5.54. The van der Waals surface area contributed by atoms with Crippen molar-refractivity contribution in [3.63, 3.8) is 0 Å². The number of nitro benzene ring substituents is 2. The average Bonchev–Trinajstić information content (AvgIpc) is 2.61. The van der Waals surface area contributed by atoms with Gasteiger partial charge < -0.3 is 10.2 Å². The summed E-state index contributed by atoms with van der Waals surface area (Å²) in [5.41, 5.74) is -0.00666. The average molecular weight is 396 g/mol. The van der Waals surface area contributed by atoms with Crippen LogP contribution < -0.4 is 0 Å². The molecular formula is C16H16N2O8S. The normalized spacial score (nSPS) is 13.7. The first-order chi connectivity index (χ1) is 12.6. The number of hydrogen-bond donors (Lipinski definition) is 2. The molecule has 2 atom stereocenters. The fourth-order valence-electron chi connectivity index (χ4n) is 2.38. The van der Waals surface area contributed by atoms with Crippen LogP contribution >= 0.6 is 0 Å². The summed E-state index contributed by atoms with van der Waals surface area (Å²) >= 11 is 0. The molecule has 0 spiro atoms. The van der Waals surface area contributed by atoms with Gasteiger partial charge in [-0.15, -0.1) is 0 Å². The van der Waals surface area contributed by atoms with Gasteiger partial charge >= 0.3 is 0 Å². The largest absolute Gasteiger partial charge is 0.387 e. The number of aliphatic hydroxyl groups excluding tert-OH is 2. The zero-order chi connectivity index (χ0) is 20.2. The summed E-state index contributed by atoms with van der Waals surface area (Å²) in [6.07, 6.45) is -2.83. The lowest BCUT2D eigenvalue weighted by Gasteiger charge is -2.15. The van der Waals surface area contributed by atoms with E-state index in [1.807, 2.05) is 0 Å². The Kier molecular flexibility index (Phi) is 6.20. The van der Waals surface area contributed by atoms with Gasteiger partial charge in [0.1, 0.15) is 0 Å². The fourth-order valence-corrected chi connectivity index (χ4v) is 3.86. The maximum Gasteiger partial charge on any atom is 0.269 e. The highest BCUT2D eigenvalue weighted by Gasteiger charge is 2.24. The number of non-ortho nitro benzene ring substituents is 2. The van der Waals surface area contributed by atoms with Crippen LogP contribution in [0, 0.1) is 20.2 Å². The molecular weight excluding hydrogens is 380 g/mol. The van der Waals surface area contributed by atoms with E-state index in [0.717, 1.165) is 24.3 Å². The molecule has 0 aromatic heterocycles. The zero-order valence-corrected chi connectivity index (χ0v) is 14.7. The topological polar surface area (TPSA) is 161 Å². The van der Waals surface area contributed by atoms with Gasteiger partial charge in [0.2, 0.25) is 0 Å². The van der Waals surface area contributed by atoms with Crippen LogP contribution in [0.5, 0.6) is 0 Å². The lowest BCUT2D eigenvalue weighted by molar-refractivity contribution is -0.385. The summed E-state index contributed by atoms with van der Waals surface area (Å²) in [6, 6.07) is 9.62. The van der Waals surface area contributed by atoms with Crippen LogP contribution in [0.3, 0.4) is 0 Å². The second kappa shape index (κ2) is 8.20. The smallest absolute Gasteiger partial charge is 0.269 e. The molecule has 0 unspecified atom stereocenters. The molecule has 0 saturated carbocycles. The molecule has 2 aromatic rings. The highest BCUT2D eigenvalue weighted by atomic mass is 32.2. The van der Waals surface area contributed by atoms with E-state index in [0.29, 0.717) is 0 Å². The molecule has 27 heavy (non-hydrogen) atoms. The molecule has 0 aliphatic heterocycles. The molecule has 0 amide bonds. The van der Waals surface area contributed by atoms with E-state index in [2.05, 4.69) is 0 Å². The van der Waals surface area contributed by atoms with Crippen molar-refractivity contribution in [2.75, 3.05) is 11.5 Å². The third-order valence-corrected chi connectivity index (χ3v) is 5.45. The third-order valence-electron chi connectivity index (χ3n) is 3.80. The summed E-state index contributed by atoms with van der Waals surface area (Å²) in [4.78, 5) is 20.0. The molecule has 0 bridgehead atoms. The van der Waals surface area contributed by atoms with Gasteiger partial charge in [0.15, 0.2) is 9.84 Å². The molecule has 11 heteroatoms. The molecule has 2 N–H and O–H groups in total. The van der Waals surface area contributed by atoms with Gasteiger partial charge in [0.05, 0.1) is 33.6 Å². The number of nitrogens with zero attached hydrogens (tertiary/aromatic N) is 2. The molecule has 0 heterocycles. The van der Waals surface area contributed by atoms with E-state index in [-0.39, 0.29) is 22.5 Å². The number of nitro groups is 2. The van der Waals surface area contributed by atoms with Gasteiger partial charge in [0, 0.05) is 24.3 Å². The van der Waals surface area contributed by atoms with Crippen molar-refractivity contribution in [3.05, 3.63) is 79.9 Å². The van der Waals surface area contributed by atoms with Crippen LogP contribution in [0.2, 0.25) is 0 Å². The minimum Gasteiger partial charge on any atom is -0.387 e. The summed E-state index contributed by atoms with van der Waals surface area (Å²) in [7, 11) is -3.90. The lowest BCUT2D eigenvalue weighted by atomic mass is 10.1. The molecule has 0 aliphatic rings. The SMILES string of the molecule is O=[N+]([O-])c1ccc([C@H](O)CS(=O)(=O)C[C@@H](O)c2ccc([N+](=O)[O-])cc2)cc1. The molecule has 0 aliphatic carbocycles. The van der Waals surface area contributed by atoms with E-state index in [1.54, 1.807) is 0 Å². The van der Waals surface area contributed by atoms with Crippen LogP contribution in [-0.2, 0) is 9.84 Å². The summed E-state index contributed by atoms with van der Waals surface area (Å²) in [6.45, 7) is 0. The van der Waals surface area contributed by atoms with Gasteiger partial charge in [-0.2, -0.15) is 0 Å². The quantitative estimate of drug-likeness (QED) is 0.503. The van der Waals surface area contributed by atoms with Crippen molar-refractivity contribution in [2.24, 2.45) is 0 Å². The Balaban J connectivity index is 2.04. The molecule has 0 fully saturated rings. The Hall–Kier alpha value is -2.89. The van der Waals surface area contributed by atoms with Crippen molar-refractivity contribution in [1.29, 1.82) is 0 Å². The van der Waals surface area contributed by atoms with Crippen LogP contribution in [-0.4, -0.2) is 40.0 Å². The van der Waals surface area contributed by atoms with Gasteiger partial charge in [0.25, 0.3) is 11.4 Å². The minimum absolute atomic E-state index is 0.189. The van der Waals surface area contributed by atoms with Crippen molar-refractivity contribution >= 4 is 21.2 Å². The first-order valence-electron chi connectivity index (χ1n) is 7.64. The van der Waals surface area contributed by atoms with Crippen LogP contribution in [0.1, 0.15) is 23.3 Å². The van der Waals surface area contributed by atoms with E-state index in [9.17, 15) is 38.9 Å². The van der Waals surface area contributed by atoms with Crippen LogP contribution in [0.15, 0.2) is 48.5 Å². The first-order valence-corrected chi connectivity index (χ1v) is 9.46. The Morgan fingerprint density at radius 1 is 0.741 bits per heavy atom. The molecule has 144 valence electrons. The second-order valence-electron chi connectivity index (χ2n) is 5.81. The van der Waals surface area contributed by atoms with Crippen LogP contribution in [0.4, 0.5) is 11.4 Å². The lowest BCUT2D eigenvalue weighted by Crippen LogP contribution is -2.21. The number of aliphatic hydroxyl groups is 2. The monoisotopic (exact) mass is 396 g/mol.